The molecule has 1 unspecified atom stereocenters. The number of aromatic nitrogens is 3. The third kappa shape index (κ3) is 1.76. The minimum atomic E-state index is -0.152. The first-order valence-corrected chi connectivity index (χ1v) is 5.75. The number of H-pyrrole nitrogens is 1. The Balaban J connectivity index is 2.18. The van der Waals surface area contributed by atoms with Crippen molar-refractivity contribution in [1.29, 1.82) is 0 Å². The minimum absolute atomic E-state index is 0.152. The van der Waals surface area contributed by atoms with E-state index in [2.05, 4.69) is 21.0 Å². The van der Waals surface area contributed by atoms with Crippen LogP contribution in [0.3, 0.4) is 0 Å². The normalized spacial score (nSPS) is 12.7. The molecule has 3 rings (SSSR count). The maximum atomic E-state index is 5.59. The summed E-state index contributed by atoms with van der Waals surface area (Å²) in [4.78, 5) is 11.5. The highest BCUT2D eigenvalue weighted by molar-refractivity contribution is 5.82. The van der Waals surface area contributed by atoms with E-state index in [9.17, 15) is 0 Å². The molecule has 0 amide bonds. The van der Waals surface area contributed by atoms with Gasteiger partial charge in [0.2, 0.25) is 0 Å². The van der Waals surface area contributed by atoms with Crippen LogP contribution in [0.2, 0.25) is 0 Å². The number of ether oxygens (including phenoxy) is 1. The molecule has 2 aromatic heterocycles. The van der Waals surface area contributed by atoms with Crippen molar-refractivity contribution in [3.05, 3.63) is 60.3 Å². The third-order valence-corrected chi connectivity index (χ3v) is 3.00. The highest BCUT2D eigenvalue weighted by Gasteiger charge is 2.17. The van der Waals surface area contributed by atoms with E-state index in [-0.39, 0.29) is 6.10 Å². The molecule has 90 valence electrons. The topological polar surface area (TPSA) is 50.8 Å². The van der Waals surface area contributed by atoms with Gasteiger partial charge in [-0.05, 0) is 17.7 Å². The zero-order valence-electron chi connectivity index (χ0n) is 10.00. The van der Waals surface area contributed by atoms with Crippen LogP contribution in [0.4, 0.5) is 0 Å². The lowest BCUT2D eigenvalue weighted by molar-refractivity contribution is 0.134. The van der Waals surface area contributed by atoms with E-state index in [1.54, 1.807) is 25.8 Å². The van der Waals surface area contributed by atoms with E-state index in [0.29, 0.717) is 0 Å². The van der Waals surface area contributed by atoms with Crippen LogP contribution < -0.4 is 0 Å². The van der Waals surface area contributed by atoms with Gasteiger partial charge < -0.3 is 9.72 Å². The fourth-order valence-corrected chi connectivity index (χ4v) is 2.18. The quantitative estimate of drug-likeness (QED) is 0.764. The molecular formula is C14H13N3O. The van der Waals surface area contributed by atoms with Gasteiger partial charge >= 0.3 is 0 Å². The van der Waals surface area contributed by atoms with Crippen LogP contribution in [0, 0.1) is 0 Å². The summed E-state index contributed by atoms with van der Waals surface area (Å²) in [6.07, 6.45) is 5.09. The van der Waals surface area contributed by atoms with Crippen molar-refractivity contribution in [2.24, 2.45) is 0 Å². The standard InChI is InChI=1S/C14H13N3O/c1-18-14(13-8-15-9-17-13)11-6-7-16-12-5-3-2-4-10(11)12/h2-9,14H,1H3,(H,15,17). The molecule has 0 aliphatic rings. The predicted molar refractivity (Wildman–Crippen MR) is 69.2 cm³/mol. The molecule has 18 heavy (non-hydrogen) atoms. The number of pyridine rings is 1. The van der Waals surface area contributed by atoms with Gasteiger partial charge in [0.15, 0.2) is 0 Å². The maximum absolute atomic E-state index is 5.59. The average molecular weight is 239 g/mol. The fraction of sp³-hybridized carbons (Fsp3) is 0.143. The number of fused-ring (bicyclic) bond motifs is 1. The third-order valence-electron chi connectivity index (χ3n) is 3.00. The summed E-state index contributed by atoms with van der Waals surface area (Å²) >= 11 is 0. The average Bonchev–Trinajstić information content (AvgIpc) is 2.94. The molecule has 0 bridgehead atoms. The summed E-state index contributed by atoms with van der Waals surface area (Å²) in [6, 6.07) is 10.0. The minimum Gasteiger partial charge on any atom is -0.370 e. The zero-order valence-corrected chi connectivity index (χ0v) is 10.00. The van der Waals surface area contributed by atoms with Crippen molar-refractivity contribution in [2.75, 3.05) is 7.11 Å². The lowest BCUT2D eigenvalue weighted by Gasteiger charge is -2.15. The van der Waals surface area contributed by atoms with Crippen LogP contribution in [-0.4, -0.2) is 22.1 Å². The molecule has 0 saturated heterocycles. The molecule has 1 N–H and O–H groups in total. The molecule has 0 aliphatic heterocycles. The Morgan fingerprint density at radius 3 is 2.89 bits per heavy atom. The van der Waals surface area contributed by atoms with Gasteiger partial charge in [-0.25, -0.2) is 4.98 Å². The van der Waals surface area contributed by atoms with Crippen molar-refractivity contribution >= 4 is 10.9 Å². The smallest absolute Gasteiger partial charge is 0.124 e. The Hall–Kier alpha value is -2.20. The van der Waals surface area contributed by atoms with Crippen LogP contribution in [-0.2, 0) is 4.74 Å². The van der Waals surface area contributed by atoms with Crippen molar-refractivity contribution in [3.8, 4) is 0 Å². The van der Waals surface area contributed by atoms with E-state index in [4.69, 9.17) is 4.74 Å². The molecule has 0 fully saturated rings. The maximum Gasteiger partial charge on any atom is 0.124 e. The Morgan fingerprint density at radius 2 is 2.11 bits per heavy atom. The first-order valence-electron chi connectivity index (χ1n) is 5.75. The van der Waals surface area contributed by atoms with Crippen LogP contribution in [0.5, 0.6) is 0 Å². The van der Waals surface area contributed by atoms with Gasteiger partial charge in [0.1, 0.15) is 6.10 Å². The van der Waals surface area contributed by atoms with Crippen LogP contribution in [0.25, 0.3) is 10.9 Å². The summed E-state index contributed by atoms with van der Waals surface area (Å²) in [7, 11) is 1.70. The van der Waals surface area contributed by atoms with Gasteiger partial charge in [0.25, 0.3) is 0 Å². The van der Waals surface area contributed by atoms with E-state index < -0.39 is 0 Å². The second-order valence-electron chi connectivity index (χ2n) is 4.04. The van der Waals surface area contributed by atoms with E-state index in [1.807, 2.05) is 24.3 Å². The van der Waals surface area contributed by atoms with Crippen molar-refractivity contribution in [2.45, 2.75) is 6.10 Å². The number of hydrogen-bond donors (Lipinski definition) is 1. The zero-order chi connectivity index (χ0) is 12.4. The molecule has 0 aliphatic carbocycles. The number of benzene rings is 1. The van der Waals surface area contributed by atoms with Crippen LogP contribution in [0.15, 0.2) is 49.1 Å². The molecule has 3 aromatic rings. The molecule has 2 heterocycles. The molecular weight excluding hydrogens is 226 g/mol. The summed E-state index contributed by atoms with van der Waals surface area (Å²) < 4.78 is 5.59. The van der Waals surface area contributed by atoms with Crippen LogP contribution in [0.1, 0.15) is 17.4 Å². The monoisotopic (exact) mass is 239 g/mol. The first-order chi connectivity index (χ1) is 8.90. The Kier molecular flexibility index (Phi) is 2.78. The number of nitrogens with one attached hydrogen (secondary N) is 1. The van der Waals surface area contributed by atoms with Crippen molar-refractivity contribution in [1.82, 2.24) is 15.0 Å². The Labute approximate surface area is 105 Å². The van der Waals surface area contributed by atoms with Crippen molar-refractivity contribution in [3.63, 3.8) is 0 Å². The summed E-state index contributed by atoms with van der Waals surface area (Å²) in [5.41, 5.74) is 3.00. The van der Waals surface area contributed by atoms with Gasteiger partial charge in [-0.2, -0.15) is 0 Å². The summed E-state index contributed by atoms with van der Waals surface area (Å²) in [6.45, 7) is 0. The number of aromatic amines is 1. The molecule has 0 radical (unpaired) electrons. The number of nitrogens with zero attached hydrogens (tertiary/aromatic N) is 2. The Morgan fingerprint density at radius 1 is 1.22 bits per heavy atom. The molecule has 1 atom stereocenters. The SMILES string of the molecule is COC(c1cnc[nH]1)c1ccnc2ccccc12. The number of hydrogen-bond acceptors (Lipinski definition) is 3. The molecule has 0 saturated carbocycles. The van der Waals surface area contributed by atoms with Gasteiger partial charge in [-0.1, -0.05) is 18.2 Å². The molecule has 0 spiro atoms. The van der Waals surface area contributed by atoms with Gasteiger partial charge in [-0.15, -0.1) is 0 Å². The highest BCUT2D eigenvalue weighted by Crippen LogP contribution is 2.28. The van der Waals surface area contributed by atoms with Crippen molar-refractivity contribution < 1.29 is 4.74 Å². The molecule has 4 nitrogen and oxygen atoms in total. The molecule has 1 aromatic carbocycles. The van der Waals surface area contributed by atoms with E-state index >= 15 is 0 Å². The number of rotatable bonds is 3. The lowest BCUT2D eigenvalue weighted by atomic mass is 10.0. The molecule has 4 heteroatoms. The summed E-state index contributed by atoms with van der Waals surface area (Å²) in [5, 5.41) is 1.10. The highest BCUT2D eigenvalue weighted by atomic mass is 16.5. The predicted octanol–water partition coefficient (Wildman–Crippen LogP) is 2.69. The van der Waals surface area contributed by atoms with E-state index in [0.717, 1.165) is 22.2 Å². The second kappa shape index (κ2) is 4.58. The first kappa shape index (κ1) is 10.9. The van der Waals surface area contributed by atoms with Gasteiger partial charge in [0, 0.05) is 18.7 Å². The second-order valence-corrected chi connectivity index (χ2v) is 4.04. The van der Waals surface area contributed by atoms with Gasteiger partial charge in [0.05, 0.1) is 23.7 Å². The fourth-order valence-electron chi connectivity index (χ4n) is 2.18. The van der Waals surface area contributed by atoms with Gasteiger partial charge in [-0.3, -0.25) is 4.98 Å². The number of imidazole rings is 1. The lowest BCUT2D eigenvalue weighted by Crippen LogP contribution is -2.05. The summed E-state index contributed by atoms with van der Waals surface area (Å²) in [5.74, 6) is 0. The number of methoxy groups -OCH3 is 1. The Bertz CT molecular complexity index is 644. The van der Waals surface area contributed by atoms with Crippen LogP contribution >= 0.6 is 0 Å². The number of para-hydroxylation sites is 1. The largest absolute Gasteiger partial charge is 0.370 e. The van der Waals surface area contributed by atoms with E-state index in [1.165, 1.54) is 0 Å².